The van der Waals surface area contributed by atoms with Crippen molar-refractivity contribution in [2.75, 3.05) is 44.8 Å². The molecule has 1 N–H and O–H groups in total. The number of fused-ring (bicyclic) bond motifs is 1. The Bertz CT molecular complexity index is 1260. The number of ether oxygens (including phenoxy) is 1. The van der Waals surface area contributed by atoms with Gasteiger partial charge in [0.2, 0.25) is 0 Å². The van der Waals surface area contributed by atoms with Crippen LogP contribution in [0.1, 0.15) is 5.56 Å². The average Bonchev–Trinajstić information content (AvgIpc) is 3.50. The normalized spacial score (nSPS) is 14.1. The lowest BCUT2D eigenvalue weighted by atomic mass is 10.0. The summed E-state index contributed by atoms with van der Waals surface area (Å²) in [6.07, 6.45) is 7.19. The fourth-order valence-corrected chi connectivity index (χ4v) is 3.91. The van der Waals surface area contributed by atoms with E-state index in [4.69, 9.17) is 9.72 Å². The number of anilines is 1. The van der Waals surface area contributed by atoms with E-state index in [9.17, 15) is 5.26 Å². The van der Waals surface area contributed by atoms with Gasteiger partial charge in [0.25, 0.3) is 0 Å². The standard InChI is InChI=1S/C22H23N9O/c1-32-9-8-30-15-20(27-28-30)17-10-19(22-18(11-23)13-26-31(22)14-17)16-2-3-21(25-12-16)29-6-4-24-5-7-29/h2-3,10,12-15,24H,4-9H2,1H3. The van der Waals surface area contributed by atoms with Crippen molar-refractivity contribution in [3.05, 3.63) is 48.5 Å². The van der Waals surface area contributed by atoms with Crippen LogP contribution in [0.15, 0.2) is 43.0 Å². The molecule has 1 aliphatic rings. The summed E-state index contributed by atoms with van der Waals surface area (Å²) in [5.41, 5.74) is 4.64. The molecule has 0 unspecified atom stereocenters. The van der Waals surface area contributed by atoms with Crippen molar-refractivity contribution >= 4 is 11.3 Å². The minimum Gasteiger partial charge on any atom is -0.383 e. The molecule has 1 saturated heterocycles. The van der Waals surface area contributed by atoms with Crippen LogP contribution in [0.25, 0.3) is 27.9 Å². The molecule has 10 heteroatoms. The molecule has 0 bridgehead atoms. The number of piperazine rings is 1. The van der Waals surface area contributed by atoms with Crippen molar-refractivity contribution in [1.82, 2.24) is 34.9 Å². The third-order valence-electron chi connectivity index (χ3n) is 5.59. The van der Waals surface area contributed by atoms with Crippen LogP contribution in [0.5, 0.6) is 0 Å². The SMILES string of the molecule is COCCn1cc(-c2cc(-c3ccc(N4CCNCC4)nc3)c3c(C#N)cnn3c2)nn1. The molecule has 0 aliphatic carbocycles. The summed E-state index contributed by atoms with van der Waals surface area (Å²) in [6, 6.07) is 8.35. The lowest BCUT2D eigenvalue weighted by Gasteiger charge is -2.28. The van der Waals surface area contributed by atoms with Gasteiger partial charge >= 0.3 is 0 Å². The molecule has 10 nitrogen and oxygen atoms in total. The Morgan fingerprint density at radius 1 is 1.16 bits per heavy atom. The van der Waals surface area contributed by atoms with E-state index in [1.165, 1.54) is 0 Å². The van der Waals surface area contributed by atoms with E-state index >= 15 is 0 Å². The monoisotopic (exact) mass is 429 g/mol. The minimum atomic E-state index is 0.515. The number of pyridine rings is 2. The Kier molecular flexibility index (Phi) is 5.49. The molecule has 0 spiro atoms. The van der Waals surface area contributed by atoms with Gasteiger partial charge in [0.05, 0.1) is 36.6 Å². The zero-order valence-electron chi connectivity index (χ0n) is 17.8. The highest BCUT2D eigenvalue weighted by Crippen LogP contribution is 2.31. The number of methoxy groups -OCH3 is 1. The Morgan fingerprint density at radius 2 is 2.03 bits per heavy atom. The maximum atomic E-state index is 9.61. The Hall–Kier alpha value is -3.81. The van der Waals surface area contributed by atoms with Crippen molar-refractivity contribution < 1.29 is 4.74 Å². The van der Waals surface area contributed by atoms with Crippen molar-refractivity contribution in [1.29, 1.82) is 5.26 Å². The van der Waals surface area contributed by atoms with E-state index < -0.39 is 0 Å². The van der Waals surface area contributed by atoms with Gasteiger partial charge in [-0.2, -0.15) is 10.4 Å². The van der Waals surface area contributed by atoms with Crippen molar-refractivity contribution in [2.24, 2.45) is 0 Å². The Morgan fingerprint density at radius 3 is 2.78 bits per heavy atom. The third kappa shape index (κ3) is 3.79. The van der Waals surface area contributed by atoms with E-state index in [0.717, 1.165) is 59.9 Å². The molecule has 4 aromatic heterocycles. The largest absolute Gasteiger partial charge is 0.383 e. The molecule has 162 valence electrons. The van der Waals surface area contributed by atoms with E-state index in [1.807, 2.05) is 36.8 Å². The molecular formula is C22H23N9O. The molecule has 4 aromatic rings. The van der Waals surface area contributed by atoms with E-state index in [0.29, 0.717) is 18.7 Å². The van der Waals surface area contributed by atoms with Crippen molar-refractivity contribution in [2.45, 2.75) is 6.54 Å². The fraction of sp³-hybridized carbons (Fsp3) is 0.318. The lowest BCUT2D eigenvalue weighted by molar-refractivity contribution is 0.183. The maximum Gasteiger partial charge on any atom is 0.128 e. The summed E-state index contributed by atoms with van der Waals surface area (Å²) >= 11 is 0. The highest BCUT2D eigenvalue weighted by Gasteiger charge is 2.17. The van der Waals surface area contributed by atoms with Crippen LogP contribution >= 0.6 is 0 Å². The number of nitriles is 1. The summed E-state index contributed by atoms with van der Waals surface area (Å²) in [5, 5.41) is 25.8. The Balaban J connectivity index is 1.56. The topological polar surface area (TPSA) is 109 Å². The van der Waals surface area contributed by atoms with Crippen LogP contribution in [0.4, 0.5) is 5.82 Å². The third-order valence-corrected chi connectivity index (χ3v) is 5.59. The summed E-state index contributed by atoms with van der Waals surface area (Å²) in [4.78, 5) is 6.97. The van der Waals surface area contributed by atoms with Gasteiger partial charge in [0, 0.05) is 62.4 Å². The first-order valence-corrected chi connectivity index (χ1v) is 10.5. The second-order valence-corrected chi connectivity index (χ2v) is 7.61. The van der Waals surface area contributed by atoms with Gasteiger partial charge < -0.3 is 15.0 Å². The highest BCUT2D eigenvalue weighted by atomic mass is 16.5. The van der Waals surface area contributed by atoms with Crippen molar-refractivity contribution in [3.8, 4) is 28.5 Å². The van der Waals surface area contributed by atoms with E-state index in [2.05, 4.69) is 31.7 Å². The van der Waals surface area contributed by atoms with Crippen LogP contribution in [0.2, 0.25) is 0 Å². The van der Waals surface area contributed by atoms with Gasteiger partial charge in [-0.05, 0) is 18.2 Å². The van der Waals surface area contributed by atoms with Crippen LogP contribution in [-0.2, 0) is 11.3 Å². The predicted octanol–water partition coefficient (Wildman–Crippen LogP) is 1.58. The molecule has 0 saturated carbocycles. The van der Waals surface area contributed by atoms with Gasteiger partial charge in [-0.1, -0.05) is 5.21 Å². The second-order valence-electron chi connectivity index (χ2n) is 7.61. The first kappa shape index (κ1) is 20.1. The molecule has 0 aromatic carbocycles. The molecule has 0 amide bonds. The van der Waals surface area contributed by atoms with Gasteiger partial charge in [-0.25, -0.2) is 14.2 Å². The zero-order valence-corrected chi connectivity index (χ0v) is 17.8. The smallest absolute Gasteiger partial charge is 0.128 e. The molecule has 0 radical (unpaired) electrons. The summed E-state index contributed by atoms with van der Waals surface area (Å²) in [6.45, 7) is 4.97. The van der Waals surface area contributed by atoms with Crippen LogP contribution in [-0.4, -0.2) is 69.5 Å². The number of hydrogen-bond donors (Lipinski definition) is 1. The summed E-state index contributed by atoms with van der Waals surface area (Å²) in [5.74, 6) is 0.956. The second kappa shape index (κ2) is 8.74. The van der Waals surface area contributed by atoms with Gasteiger partial charge in [0.1, 0.15) is 17.6 Å². The van der Waals surface area contributed by atoms with E-state index in [1.54, 1.807) is 22.5 Å². The van der Waals surface area contributed by atoms with Crippen molar-refractivity contribution in [3.63, 3.8) is 0 Å². The van der Waals surface area contributed by atoms with Gasteiger partial charge in [0.15, 0.2) is 0 Å². The predicted molar refractivity (Wildman–Crippen MR) is 119 cm³/mol. The maximum absolute atomic E-state index is 9.61. The first-order valence-electron chi connectivity index (χ1n) is 10.5. The first-order chi connectivity index (χ1) is 15.8. The summed E-state index contributed by atoms with van der Waals surface area (Å²) in [7, 11) is 1.66. The molecule has 1 aliphatic heterocycles. The van der Waals surface area contributed by atoms with Crippen LogP contribution < -0.4 is 10.2 Å². The molecule has 5 heterocycles. The number of rotatable bonds is 6. The van der Waals surface area contributed by atoms with E-state index in [-0.39, 0.29) is 0 Å². The quantitative estimate of drug-likeness (QED) is 0.492. The van der Waals surface area contributed by atoms with Crippen LogP contribution in [0.3, 0.4) is 0 Å². The number of hydrogen-bond acceptors (Lipinski definition) is 8. The van der Waals surface area contributed by atoms with Gasteiger partial charge in [-0.15, -0.1) is 5.10 Å². The minimum absolute atomic E-state index is 0.515. The fourth-order valence-electron chi connectivity index (χ4n) is 3.91. The van der Waals surface area contributed by atoms with Crippen LogP contribution in [0, 0.1) is 11.3 Å². The number of aromatic nitrogens is 6. The molecule has 32 heavy (non-hydrogen) atoms. The molecular weight excluding hydrogens is 406 g/mol. The number of nitrogens with one attached hydrogen (secondary N) is 1. The Labute approximate surface area is 185 Å². The number of nitrogens with zero attached hydrogens (tertiary/aromatic N) is 8. The summed E-state index contributed by atoms with van der Waals surface area (Å²) < 4.78 is 8.59. The highest BCUT2D eigenvalue weighted by molar-refractivity contribution is 5.87. The zero-order chi connectivity index (χ0) is 21.9. The average molecular weight is 429 g/mol. The molecule has 1 fully saturated rings. The lowest BCUT2D eigenvalue weighted by Crippen LogP contribution is -2.43. The molecule has 5 rings (SSSR count). The molecule has 0 atom stereocenters. The van der Waals surface area contributed by atoms with Gasteiger partial charge in [-0.3, -0.25) is 0 Å².